The number of imidazole rings is 1. The van der Waals surface area contributed by atoms with Gasteiger partial charge in [0.1, 0.15) is 24.5 Å². The predicted molar refractivity (Wildman–Crippen MR) is 177 cm³/mol. The predicted octanol–water partition coefficient (Wildman–Crippen LogP) is 7.36. The number of methoxy groups -OCH3 is 1. The van der Waals surface area contributed by atoms with Crippen LogP contribution in [-0.4, -0.2) is 50.9 Å². The lowest BCUT2D eigenvalue weighted by atomic mass is 9.87. The van der Waals surface area contributed by atoms with Gasteiger partial charge in [0.05, 0.1) is 26.4 Å². The normalized spacial score (nSPS) is 18.4. The lowest BCUT2D eigenvalue weighted by Gasteiger charge is -2.21. The summed E-state index contributed by atoms with van der Waals surface area (Å²) in [6.07, 6.45) is 1.77. The highest BCUT2D eigenvalue weighted by Gasteiger charge is 2.38. The van der Waals surface area contributed by atoms with Gasteiger partial charge in [0.15, 0.2) is 11.2 Å². The average molecular weight is 625 g/mol. The first-order chi connectivity index (χ1) is 21.8. The summed E-state index contributed by atoms with van der Waals surface area (Å²) in [5, 5.41) is 0. The molecule has 1 fully saturated rings. The quantitative estimate of drug-likeness (QED) is 0.151. The zero-order valence-electron chi connectivity index (χ0n) is 26.5. The van der Waals surface area contributed by atoms with Crippen molar-refractivity contribution < 1.29 is 18.9 Å². The van der Waals surface area contributed by atoms with E-state index in [1.807, 2.05) is 41.0 Å². The second-order valence-electron chi connectivity index (χ2n) is 12.4. The molecule has 0 saturated carbocycles. The molecule has 9 heteroatoms. The molecule has 3 aromatic carbocycles. The highest BCUT2D eigenvalue weighted by Crippen LogP contribution is 2.39. The first kappa shape index (κ1) is 31.1. The van der Waals surface area contributed by atoms with Crippen molar-refractivity contribution >= 4 is 22.9 Å². The Kier molecular flexibility index (Phi) is 9.40. The number of thioether (sulfide) groups is 1. The van der Waals surface area contributed by atoms with E-state index >= 15 is 0 Å². The van der Waals surface area contributed by atoms with E-state index in [-0.39, 0.29) is 29.7 Å². The van der Waals surface area contributed by atoms with Crippen molar-refractivity contribution in [3.05, 3.63) is 107 Å². The van der Waals surface area contributed by atoms with Crippen molar-refractivity contribution in [2.24, 2.45) is 0 Å². The summed E-state index contributed by atoms with van der Waals surface area (Å²) in [5.74, 6) is 0.405. The van der Waals surface area contributed by atoms with Gasteiger partial charge < -0.3 is 18.9 Å². The molecule has 3 heterocycles. The molecule has 0 spiro atoms. The van der Waals surface area contributed by atoms with E-state index in [0.717, 1.165) is 17.5 Å². The molecule has 45 heavy (non-hydrogen) atoms. The summed E-state index contributed by atoms with van der Waals surface area (Å²) in [7, 11) is 1.58. The highest BCUT2D eigenvalue weighted by atomic mass is 32.2. The molecule has 0 N–H and O–H groups in total. The molecule has 0 amide bonds. The van der Waals surface area contributed by atoms with Gasteiger partial charge in [0, 0.05) is 11.3 Å². The standard InChI is InChI=1S/C36H40N4O4S/c1-24-16-17-27(36(2,3)4)18-30(24)45-31-19-28(42-21-26-14-10-7-11-15-26)29(44-31)22-43-35-39-32-33(37-23-38-34(32)41-5)40(35)20-25-12-8-6-9-13-25/h6-18,23,28-29,31H,19-22H2,1-5H3/t28-,29+,31?/m0/s1. The van der Waals surface area contributed by atoms with Gasteiger partial charge in [0.25, 0.3) is 6.01 Å². The van der Waals surface area contributed by atoms with Crippen LogP contribution < -0.4 is 9.47 Å². The maximum Gasteiger partial charge on any atom is 0.299 e. The average Bonchev–Trinajstić information content (AvgIpc) is 3.60. The first-order valence-corrected chi connectivity index (χ1v) is 16.2. The molecule has 5 aromatic rings. The molecular weight excluding hydrogens is 584 g/mol. The number of nitrogens with zero attached hydrogens (tertiary/aromatic N) is 4. The number of benzene rings is 3. The van der Waals surface area contributed by atoms with E-state index in [1.54, 1.807) is 18.9 Å². The Hall–Kier alpha value is -3.92. The minimum Gasteiger partial charge on any atom is -0.479 e. The maximum absolute atomic E-state index is 6.67. The molecule has 1 aliphatic heterocycles. The van der Waals surface area contributed by atoms with Gasteiger partial charge in [-0.15, -0.1) is 0 Å². The smallest absolute Gasteiger partial charge is 0.299 e. The van der Waals surface area contributed by atoms with E-state index in [1.165, 1.54) is 22.3 Å². The second-order valence-corrected chi connectivity index (χ2v) is 13.6. The van der Waals surface area contributed by atoms with Crippen LogP contribution in [-0.2, 0) is 28.0 Å². The third-order valence-corrected chi connectivity index (χ3v) is 9.26. The highest BCUT2D eigenvalue weighted by molar-refractivity contribution is 7.99. The van der Waals surface area contributed by atoms with Gasteiger partial charge in [0.2, 0.25) is 5.88 Å². The number of rotatable bonds is 11. The van der Waals surface area contributed by atoms with Gasteiger partial charge in [-0.05, 0) is 40.7 Å². The van der Waals surface area contributed by atoms with Crippen LogP contribution in [0.2, 0.25) is 0 Å². The molecule has 3 atom stereocenters. The number of aryl methyl sites for hydroxylation is 1. The van der Waals surface area contributed by atoms with Crippen LogP contribution in [0, 0.1) is 6.92 Å². The molecule has 1 aliphatic rings. The summed E-state index contributed by atoms with van der Waals surface area (Å²) >= 11 is 1.76. The third-order valence-electron chi connectivity index (χ3n) is 8.00. The molecule has 1 unspecified atom stereocenters. The SMILES string of the molecule is COc1ncnc2c1nc(OC[C@H]1OC(Sc3cc(C(C)(C)C)ccc3C)C[C@@H]1OCc1ccccc1)n2Cc1ccccc1. The van der Waals surface area contributed by atoms with Crippen molar-refractivity contribution in [1.82, 2.24) is 19.5 Å². The Morgan fingerprint density at radius 1 is 0.956 bits per heavy atom. The zero-order valence-corrected chi connectivity index (χ0v) is 27.3. The molecule has 2 aromatic heterocycles. The Bertz CT molecular complexity index is 1720. The van der Waals surface area contributed by atoms with Crippen LogP contribution in [0.25, 0.3) is 11.2 Å². The summed E-state index contributed by atoms with van der Waals surface area (Å²) in [6, 6.07) is 27.6. The molecule has 0 bridgehead atoms. The molecule has 234 valence electrons. The van der Waals surface area contributed by atoms with Crippen LogP contribution in [0.5, 0.6) is 11.9 Å². The van der Waals surface area contributed by atoms with Gasteiger partial charge in [-0.3, -0.25) is 4.57 Å². The fourth-order valence-electron chi connectivity index (χ4n) is 5.41. The summed E-state index contributed by atoms with van der Waals surface area (Å²) < 4.78 is 27.1. The maximum atomic E-state index is 6.67. The van der Waals surface area contributed by atoms with E-state index in [0.29, 0.717) is 36.2 Å². The Labute approximate surface area is 269 Å². The van der Waals surface area contributed by atoms with Crippen LogP contribution in [0.1, 0.15) is 49.4 Å². The Morgan fingerprint density at radius 3 is 2.40 bits per heavy atom. The van der Waals surface area contributed by atoms with Gasteiger partial charge >= 0.3 is 0 Å². The summed E-state index contributed by atoms with van der Waals surface area (Å²) in [4.78, 5) is 14.8. The van der Waals surface area contributed by atoms with Gasteiger partial charge in [-0.1, -0.05) is 105 Å². The van der Waals surface area contributed by atoms with Crippen LogP contribution >= 0.6 is 11.8 Å². The number of hydrogen-bond donors (Lipinski definition) is 0. The number of hydrogen-bond acceptors (Lipinski definition) is 8. The first-order valence-electron chi connectivity index (χ1n) is 15.3. The molecule has 0 radical (unpaired) electrons. The Balaban J connectivity index is 1.24. The summed E-state index contributed by atoms with van der Waals surface area (Å²) in [5.41, 5.74) is 5.95. The third kappa shape index (κ3) is 7.32. The monoisotopic (exact) mass is 624 g/mol. The van der Waals surface area contributed by atoms with E-state index in [4.69, 9.17) is 23.9 Å². The number of aromatic nitrogens is 4. The molecular formula is C36H40N4O4S. The lowest BCUT2D eigenvalue weighted by Crippen LogP contribution is -2.31. The molecule has 8 nitrogen and oxygen atoms in total. The molecule has 1 saturated heterocycles. The largest absolute Gasteiger partial charge is 0.479 e. The van der Waals surface area contributed by atoms with Crippen molar-refractivity contribution in [3.8, 4) is 11.9 Å². The van der Waals surface area contributed by atoms with E-state index < -0.39 is 0 Å². The van der Waals surface area contributed by atoms with Crippen molar-refractivity contribution in [2.45, 2.75) is 75.2 Å². The zero-order chi connectivity index (χ0) is 31.4. The molecule has 0 aliphatic carbocycles. The lowest BCUT2D eigenvalue weighted by molar-refractivity contribution is -0.0396. The Morgan fingerprint density at radius 2 is 1.69 bits per heavy atom. The second kappa shape index (κ2) is 13.6. The minimum atomic E-state index is -0.296. The van der Waals surface area contributed by atoms with Crippen LogP contribution in [0.4, 0.5) is 0 Å². The number of ether oxygens (including phenoxy) is 4. The van der Waals surface area contributed by atoms with Crippen molar-refractivity contribution in [1.29, 1.82) is 0 Å². The topological polar surface area (TPSA) is 80.5 Å². The summed E-state index contributed by atoms with van der Waals surface area (Å²) in [6.45, 7) is 10.2. The van der Waals surface area contributed by atoms with Gasteiger partial charge in [-0.2, -0.15) is 9.97 Å². The van der Waals surface area contributed by atoms with Crippen molar-refractivity contribution in [2.75, 3.05) is 13.7 Å². The van der Waals surface area contributed by atoms with E-state index in [2.05, 4.69) is 80.1 Å². The van der Waals surface area contributed by atoms with Crippen molar-refractivity contribution in [3.63, 3.8) is 0 Å². The minimum absolute atomic E-state index is 0.0650. The van der Waals surface area contributed by atoms with Crippen LogP contribution in [0.3, 0.4) is 0 Å². The van der Waals surface area contributed by atoms with Gasteiger partial charge in [-0.25, -0.2) is 4.98 Å². The van der Waals surface area contributed by atoms with E-state index in [9.17, 15) is 0 Å². The molecule has 6 rings (SSSR count). The number of fused-ring (bicyclic) bond motifs is 1. The fourth-order valence-corrected chi connectivity index (χ4v) is 6.63. The fraction of sp³-hybridized carbons (Fsp3) is 0.361. The van der Waals surface area contributed by atoms with Crippen LogP contribution in [0.15, 0.2) is 90.1 Å².